The lowest BCUT2D eigenvalue weighted by atomic mass is 9.94. The Bertz CT molecular complexity index is 372. The van der Waals surface area contributed by atoms with E-state index in [0.29, 0.717) is 25.8 Å². The lowest BCUT2D eigenvalue weighted by molar-refractivity contribution is -0.149. The molecule has 1 atom stereocenters. The number of nitrogens with zero attached hydrogens (tertiary/aromatic N) is 1. The number of carbonyl (C=O) groups excluding carboxylic acids is 1. The van der Waals surface area contributed by atoms with E-state index in [-0.39, 0.29) is 5.91 Å². The molecule has 0 saturated carbocycles. The Morgan fingerprint density at radius 3 is 1.92 bits per heavy atom. The SMILES string of the molecule is CCCCCCCCCCCC(=O)NCCCC(C)(C(=O)O)N(C)C. The molecule has 2 N–H and O–H groups in total. The van der Waals surface area contributed by atoms with Crippen LogP contribution in [0.2, 0.25) is 0 Å². The second-order valence-electron chi connectivity index (χ2n) is 7.51. The summed E-state index contributed by atoms with van der Waals surface area (Å²) in [7, 11) is 3.55. The fourth-order valence-electron chi connectivity index (χ4n) is 2.87. The molecule has 0 aromatic carbocycles. The first-order valence-electron chi connectivity index (χ1n) is 10.0. The molecule has 0 aliphatic carbocycles. The number of hydrogen-bond donors (Lipinski definition) is 2. The standard InChI is InChI=1S/C20H40N2O3/c1-5-6-7-8-9-10-11-12-13-15-18(23)21-17-14-16-20(2,19(24)25)22(3)4/h5-17H2,1-4H3,(H,21,23)(H,24,25). The van der Waals surface area contributed by atoms with Crippen molar-refractivity contribution in [3.8, 4) is 0 Å². The molecule has 5 heteroatoms. The molecule has 0 radical (unpaired) electrons. The third kappa shape index (κ3) is 11.2. The Morgan fingerprint density at radius 1 is 0.920 bits per heavy atom. The monoisotopic (exact) mass is 356 g/mol. The van der Waals surface area contributed by atoms with Crippen molar-refractivity contribution in [1.82, 2.24) is 10.2 Å². The van der Waals surface area contributed by atoms with E-state index in [1.165, 1.54) is 44.9 Å². The van der Waals surface area contributed by atoms with Gasteiger partial charge in [-0.2, -0.15) is 0 Å². The van der Waals surface area contributed by atoms with Crippen LogP contribution >= 0.6 is 0 Å². The van der Waals surface area contributed by atoms with Gasteiger partial charge in [-0.3, -0.25) is 14.5 Å². The number of amides is 1. The normalized spacial score (nSPS) is 13.6. The van der Waals surface area contributed by atoms with Gasteiger partial charge in [-0.05, 0) is 40.3 Å². The molecule has 5 nitrogen and oxygen atoms in total. The van der Waals surface area contributed by atoms with Crippen LogP contribution in [0.1, 0.15) is 90.9 Å². The van der Waals surface area contributed by atoms with Gasteiger partial charge in [0.15, 0.2) is 0 Å². The minimum Gasteiger partial charge on any atom is -0.480 e. The van der Waals surface area contributed by atoms with E-state index in [4.69, 9.17) is 0 Å². The molecule has 0 bridgehead atoms. The van der Waals surface area contributed by atoms with Gasteiger partial charge in [-0.15, -0.1) is 0 Å². The summed E-state index contributed by atoms with van der Waals surface area (Å²) in [6.45, 7) is 4.50. The van der Waals surface area contributed by atoms with Crippen LogP contribution in [0.4, 0.5) is 0 Å². The van der Waals surface area contributed by atoms with Gasteiger partial charge in [0, 0.05) is 13.0 Å². The van der Waals surface area contributed by atoms with Crippen molar-refractivity contribution in [1.29, 1.82) is 0 Å². The van der Waals surface area contributed by atoms with Crippen molar-refractivity contribution >= 4 is 11.9 Å². The molecule has 0 aromatic rings. The average Bonchev–Trinajstić information content (AvgIpc) is 2.56. The number of likely N-dealkylation sites (N-methyl/N-ethyl adjacent to an activating group) is 1. The van der Waals surface area contributed by atoms with E-state index in [2.05, 4.69) is 12.2 Å². The highest BCUT2D eigenvalue weighted by molar-refractivity contribution is 5.78. The minimum atomic E-state index is -0.873. The maximum absolute atomic E-state index is 11.8. The van der Waals surface area contributed by atoms with Gasteiger partial charge in [0.25, 0.3) is 0 Å². The Morgan fingerprint density at radius 2 is 1.44 bits per heavy atom. The Kier molecular flexibility index (Phi) is 13.5. The van der Waals surface area contributed by atoms with E-state index < -0.39 is 11.5 Å². The van der Waals surface area contributed by atoms with E-state index >= 15 is 0 Å². The number of carbonyl (C=O) groups is 2. The summed E-state index contributed by atoms with van der Waals surface area (Å²) in [6, 6.07) is 0. The molecular weight excluding hydrogens is 316 g/mol. The molecule has 0 aliphatic heterocycles. The Labute approximate surface area is 154 Å². The van der Waals surface area contributed by atoms with Crippen LogP contribution in [0.25, 0.3) is 0 Å². The van der Waals surface area contributed by atoms with Crippen molar-refractivity contribution in [3.05, 3.63) is 0 Å². The maximum atomic E-state index is 11.8. The highest BCUT2D eigenvalue weighted by Gasteiger charge is 2.34. The first-order chi connectivity index (χ1) is 11.8. The second-order valence-corrected chi connectivity index (χ2v) is 7.51. The van der Waals surface area contributed by atoms with E-state index in [1.807, 2.05) is 0 Å². The Hall–Kier alpha value is -1.10. The fourth-order valence-corrected chi connectivity index (χ4v) is 2.87. The zero-order valence-electron chi connectivity index (χ0n) is 16.9. The summed E-state index contributed by atoms with van der Waals surface area (Å²) in [6.07, 6.45) is 13.0. The largest absolute Gasteiger partial charge is 0.480 e. The first-order valence-corrected chi connectivity index (χ1v) is 10.0. The van der Waals surface area contributed by atoms with Crippen LogP contribution in [0, 0.1) is 0 Å². The molecule has 0 rings (SSSR count). The maximum Gasteiger partial charge on any atom is 0.323 e. The van der Waals surface area contributed by atoms with Crippen LogP contribution in [-0.4, -0.2) is 48.1 Å². The van der Waals surface area contributed by atoms with Crippen LogP contribution in [0.3, 0.4) is 0 Å². The van der Waals surface area contributed by atoms with E-state index in [0.717, 1.165) is 12.8 Å². The summed E-state index contributed by atoms with van der Waals surface area (Å²) >= 11 is 0. The van der Waals surface area contributed by atoms with Gasteiger partial charge >= 0.3 is 5.97 Å². The molecule has 1 unspecified atom stereocenters. The topological polar surface area (TPSA) is 69.6 Å². The van der Waals surface area contributed by atoms with Crippen LogP contribution < -0.4 is 5.32 Å². The zero-order valence-corrected chi connectivity index (χ0v) is 16.9. The zero-order chi connectivity index (χ0) is 19.1. The van der Waals surface area contributed by atoms with Crippen molar-refractivity contribution in [2.75, 3.05) is 20.6 Å². The predicted octanol–water partition coefficient (Wildman–Crippen LogP) is 4.21. The predicted molar refractivity (Wildman–Crippen MR) is 104 cm³/mol. The second kappa shape index (κ2) is 14.1. The lowest BCUT2D eigenvalue weighted by Crippen LogP contribution is -2.48. The quantitative estimate of drug-likeness (QED) is 0.407. The molecule has 0 spiro atoms. The number of rotatable bonds is 16. The summed E-state index contributed by atoms with van der Waals surface area (Å²) in [4.78, 5) is 24.9. The smallest absolute Gasteiger partial charge is 0.323 e. The third-order valence-corrected chi connectivity index (χ3v) is 5.12. The number of nitrogens with one attached hydrogen (secondary N) is 1. The van der Waals surface area contributed by atoms with Crippen molar-refractivity contribution in [3.63, 3.8) is 0 Å². The molecule has 0 aromatic heterocycles. The molecule has 25 heavy (non-hydrogen) atoms. The van der Waals surface area contributed by atoms with Gasteiger partial charge in [-0.1, -0.05) is 58.3 Å². The van der Waals surface area contributed by atoms with Crippen molar-refractivity contribution in [2.24, 2.45) is 0 Å². The molecule has 0 heterocycles. The first kappa shape index (κ1) is 23.9. The summed E-state index contributed by atoms with van der Waals surface area (Å²) in [5.41, 5.74) is -0.873. The van der Waals surface area contributed by atoms with Gasteiger partial charge in [0.2, 0.25) is 5.91 Å². The molecule has 0 aliphatic rings. The summed E-state index contributed by atoms with van der Waals surface area (Å²) < 4.78 is 0. The molecule has 0 saturated heterocycles. The highest BCUT2D eigenvalue weighted by atomic mass is 16.4. The van der Waals surface area contributed by atoms with E-state index in [1.54, 1.807) is 25.9 Å². The van der Waals surface area contributed by atoms with Crippen molar-refractivity contribution in [2.45, 2.75) is 96.4 Å². The van der Waals surface area contributed by atoms with Crippen LogP contribution in [-0.2, 0) is 9.59 Å². The minimum absolute atomic E-state index is 0.0878. The van der Waals surface area contributed by atoms with Gasteiger partial charge in [0.1, 0.15) is 5.54 Å². The number of carboxylic acid groups (broad SMARTS) is 1. The van der Waals surface area contributed by atoms with Gasteiger partial charge in [-0.25, -0.2) is 0 Å². The van der Waals surface area contributed by atoms with Crippen LogP contribution in [0.15, 0.2) is 0 Å². The average molecular weight is 357 g/mol. The van der Waals surface area contributed by atoms with Crippen molar-refractivity contribution < 1.29 is 14.7 Å². The molecule has 0 fully saturated rings. The number of carboxylic acids is 1. The molecule has 1 amide bonds. The summed E-state index contributed by atoms with van der Waals surface area (Å²) in [5, 5.41) is 12.2. The summed E-state index contributed by atoms with van der Waals surface area (Å²) in [5.74, 6) is -0.733. The number of hydrogen-bond acceptors (Lipinski definition) is 3. The van der Waals surface area contributed by atoms with Gasteiger partial charge < -0.3 is 10.4 Å². The highest BCUT2D eigenvalue weighted by Crippen LogP contribution is 2.18. The van der Waals surface area contributed by atoms with E-state index in [9.17, 15) is 14.7 Å². The number of unbranched alkanes of at least 4 members (excludes halogenated alkanes) is 8. The fraction of sp³-hybridized carbons (Fsp3) is 0.900. The number of aliphatic carboxylic acids is 1. The lowest BCUT2D eigenvalue weighted by Gasteiger charge is -2.32. The molecule has 148 valence electrons. The molecular formula is C20H40N2O3. The van der Waals surface area contributed by atoms with Gasteiger partial charge in [0.05, 0.1) is 0 Å². The third-order valence-electron chi connectivity index (χ3n) is 5.12. The Balaban J connectivity index is 3.60. The van der Waals surface area contributed by atoms with Crippen LogP contribution in [0.5, 0.6) is 0 Å².